The summed E-state index contributed by atoms with van der Waals surface area (Å²) in [5, 5.41) is 0. The second-order valence-electron chi connectivity index (χ2n) is 25.0. The molecule has 0 unspecified atom stereocenters. The van der Waals surface area contributed by atoms with Gasteiger partial charge in [-0.05, 0) is 175 Å². The Morgan fingerprint density at radius 1 is 0.453 bits per heavy atom. The molecular weight excluding hydrogens is 771 g/mol. The highest BCUT2D eigenvalue weighted by molar-refractivity contribution is 7.00. The largest absolute Gasteiger partial charge is 0.311 e. The average molecular weight is 843 g/mol. The van der Waals surface area contributed by atoms with Crippen molar-refractivity contribution in [3.05, 3.63) is 148 Å². The molecule has 2 heterocycles. The summed E-state index contributed by atoms with van der Waals surface area (Å²) in [6, 6.07) is 41.3. The van der Waals surface area contributed by atoms with Gasteiger partial charge in [-0.2, -0.15) is 0 Å². The van der Waals surface area contributed by atoms with Gasteiger partial charge in [0.1, 0.15) is 0 Å². The molecule has 6 aromatic rings. The quantitative estimate of drug-likeness (QED) is 0.164. The summed E-state index contributed by atoms with van der Waals surface area (Å²) in [6.45, 7) is 38.6. The number of nitrogens with zero attached hydrogens (tertiary/aromatic N) is 2. The molecule has 3 heteroatoms. The minimum absolute atomic E-state index is 0.000396. The Balaban J connectivity index is 1.35. The highest BCUT2D eigenvalue weighted by Crippen LogP contribution is 2.55. The van der Waals surface area contributed by atoms with E-state index in [4.69, 9.17) is 0 Å². The number of hydrogen-bond donors (Lipinski definition) is 0. The second-order valence-corrected chi connectivity index (χ2v) is 25.0. The van der Waals surface area contributed by atoms with Gasteiger partial charge in [-0.25, -0.2) is 0 Å². The van der Waals surface area contributed by atoms with Crippen molar-refractivity contribution in [3.63, 3.8) is 0 Å². The molecule has 2 nitrogen and oxygen atoms in total. The molecule has 0 bridgehead atoms. The van der Waals surface area contributed by atoms with Crippen LogP contribution in [0.25, 0.3) is 11.1 Å². The lowest BCUT2D eigenvalue weighted by Gasteiger charge is -2.47. The van der Waals surface area contributed by atoms with Crippen LogP contribution in [-0.2, 0) is 32.5 Å². The smallest absolute Gasteiger partial charge is 0.252 e. The molecular formula is C61H71BN2. The van der Waals surface area contributed by atoms with E-state index < -0.39 is 0 Å². The van der Waals surface area contributed by atoms with Crippen LogP contribution in [0.15, 0.2) is 103 Å². The summed E-state index contributed by atoms with van der Waals surface area (Å²) in [5.41, 5.74) is 26.1. The van der Waals surface area contributed by atoms with E-state index in [1.165, 1.54) is 119 Å². The van der Waals surface area contributed by atoms with E-state index in [0.29, 0.717) is 0 Å². The first-order valence-corrected chi connectivity index (χ1v) is 24.2. The van der Waals surface area contributed by atoms with Gasteiger partial charge in [-0.15, -0.1) is 0 Å². The zero-order chi connectivity index (χ0) is 45.8. The Labute approximate surface area is 386 Å². The van der Waals surface area contributed by atoms with Crippen molar-refractivity contribution in [2.75, 3.05) is 9.80 Å². The molecule has 0 saturated carbocycles. The fraction of sp³-hybridized carbons (Fsp3) is 0.410. The van der Waals surface area contributed by atoms with Crippen LogP contribution in [0.5, 0.6) is 0 Å². The fourth-order valence-corrected chi connectivity index (χ4v) is 12.6. The van der Waals surface area contributed by atoms with Crippen molar-refractivity contribution < 1.29 is 0 Å². The Kier molecular flexibility index (Phi) is 9.22. The van der Waals surface area contributed by atoms with Gasteiger partial charge in [-0.1, -0.05) is 158 Å². The lowest BCUT2D eigenvalue weighted by molar-refractivity contribution is 0.332. The van der Waals surface area contributed by atoms with E-state index in [9.17, 15) is 0 Å². The first kappa shape index (κ1) is 42.9. The summed E-state index contributed by atoms with van der Waals surface area (Å²) < 4.78 is 0. The van der Waals surface area contributed by atoms with Crippen LogP contribution in [-0.4, -0.2) is 6.71 Å². The number of hydrogen-bond acceptors (Lipinski definition) is 2. The Bertz CT molecular complexity index is 2910. The van der Waals surface area contributed by atoms with Gasteiger partial charge >= 0.3 is 0 Å². The van der Waals surface area contributed by atoms with Crippen molar-refractivity contribution in [2.24, 2.45) is 0 Å². The molecule has 6 aromatic carbocycles. The molecule has 0 N–H and O–H groups in total. The van der Waals surface area contributed by atoms with Crippen molar-refractivity contribution >= 4 is 57.2 Å². The molecule has 0 atom stereocenters. The van der Waals surface area contributed by atoms with Crippen LogP contribution in [0.1, 0.15) is 161 Å². The molecule has 64 heavy (non-hydrogen) atoms. The third-order valence-electron chi connectivity index (χ3n) is 16.2. The number of fused-ring (bicyclic) bond motifs is 6. The summed E-state index contributed by atoms with van der Waals surface area (Å²) >= 11 is 0. The zero-order valence-corrected chi connectivity index (χ0v) is 41.9. The lowest BCUT2D eigenvalue weighted by Crippen LogP contribution is -2.62. The molecule has 0 saturated heterocycles. The third kappa shape index (κ3) is 6.48. The van der Waals surface area contributed by atoms with Gasteiger partial charge in [-0.3, -0.25) is 0 Å². The minimum atomic E-state index is -0.0197. The second kappa shape index (κ2) is 13.8. The van der Waals surface area contributed by atoms with E-state index in [-0.39, 0.29) is 39.2 Å². The van der Waals surface area contributed by atoms with Gasteiger partial charge in [0.2, 0.25) is 0 Å². The van der Waals surface area contributed by atoms with E-state index in [1.54, 1.807) is 0 Å². The first-order chi connectivity index (χ1) is 29.8. The molecule has 0 radical (unpaired) electrons. The number of benzene rings is 6. The molecule has 10 rings (SSSR count). The normalized spacial score (nSPS) is 18.5. The minimum Gasteiger partial charge on any atom is -0.311 e. The molecule has 2 aliphatic carbocycles. The van der Waals surface area contributed by atoms with Gasteiger partial charge in [0.15, 0.2) is 0 Å². The zero-order valence-electron chi connectivity index (χ0n) is 41.9. The molecule has 4 aliphatic rings. The molecule has 0 amide bonds. The predicted octanol–water partition coefficient (Wildman–Crippen LogP) is 15.0. The molecule has 0 fully saturated rings. The maximum absolute atomic E-state index is 2.73. The van der Waals surface area contributed by atoms with E-state index in [2.05, 4.69) is 224 Å². The maximum atomic E-state index is 2.73. The Hall–Kier alpha value is -5.02. The Morgan fingerprint density at radius 2 is 0.938 bits per heavy atom. The van der Waals surface area contributed by atoms with Crippen molar-refractivity contribution in [1.29, 1.82) is 0 Å². The van der Waals surface area contributed by atoms with Crippen molar-refractivity contribution in [2.45, 2.75) is 163 Å². The Morgan fingerprint density at radius 3 is 1.53 bits per heavy atom. The fourth-order valence-electron chi connectivity index (χ4n) is 12.6. The summed E-state index contributed by atoms with van der Waals surface area (Å²) in [6.07, 6.45) is 3.52. The van der Waals surface area contributed by atoms with Gasteiger partial charge in [0, 0.05) is 34.0 Å². The SMILES string of the molecule is Cc1cc2c3c(c1)N(c1ccc(C(C)(C)C)cc1-c1ccccc1)c1ccc(C(C)(C)C)cc1B3c1cc3c(cc1N2c1cc2c(cc1C)C(C)(C)CCC2(C)C)C(C)(C)CC3(C)C. The van der Waals surface area contributed by atoms with Gasteiger partial charge in [0.05, 0.1) is 5.69 Å². The van der Waals surface area contributed by atoms with Crippen LogP contribution < -0.4 is 26.2 Å². The summed E-state index contributed by atoms with van der Waals surface area (Å²) in [4.78, 5) is 5.37. The maximum Gasteiger partial charge on any atom is 0.252 e. The van der Waals surface area contributed by atoms with Gasteiger partial charge < -0.3 is 9.80 Å². The van der Waals surface area contributed by atoms with E-state index >= 15 is 0 Å². The van der Waals surface area contributed by atoms with Crippen LogP contribution in [0.4, 0.5) is 34.1 Å². The summed E-state index contributed by atoms with van der Waals surface area (Å²) in [5.74, 6) is 0. The van der Waals surface area contributed by atoms with Crippen LogP contribution in [0, 0.1) is 13.8 Å². The summed E-state index contributed by atoms with van der Waals surface area (Å²) in [7, 11) is 0. The van der Waals surface area contributed by atoms with Crippen LogP contribution in [0.2, 0.25) is 0 Å². The highest BCUT2D eigenvalue weighted by Gasteiger charge is 2.49. The predicted molar refractivity (Wildman–Crippen MR) is 279 cm³/mol. The standard InChI is InChI=1S/C61H71BN2/c1-37-28-53-55-54(29-37)64(51-34-45-43(30-38(51)2)58(9,10)26-27-59(45,11)12)52-35-46-44(60(13,14)36-61(46,15)16)33-48(52)62(55)47-32-41(57(6,7)8)23-25-50(47)63(53)49-24-22-40(56(3,4)5)31-42(49)39-20-18-17-19-21-39/h17-25,28-35H,26-27,36H2,1-16H3. The number of anilines is 6. The molecule has 328 valence electrons. The average Bonchev–Trinajstić information content (AvgIpc) is 3.39. The van der Waals surface area contributed by atoms with Crippen molar-refractivity contribution in [1.82, 2.24) is 0 Å². The first-order valence-electron chi connectivity index (χ1n) is 24.2. The number of rotatable bonds is 3. The topological polar surface area (TPSA) is 6.48 Å². The monoisotopic (exact) mass is 843 g/mol. The van der Waals surface area contributed by atoms with Crippen molar-refractivity contribution in [3.8, 4) is 11.1 Å². The van der Waals surface area contributed by atoms with E-state index in [1.807, 2.05) is 0 Å². The molecule has 0 aromatic heterocycles. The number of aryl methyl sites for hydroxylation is 2. The van der Waals surface area contributed by atoms with Crippen LogP contribution >= 0.6 is 0 Å². The molecule has 2 aliphatic heterocycles. The lowest BCUT2D eigenvalue weighted by atomic mass is 9.33. The van der Waals surface area contributed by atoms with E-state index in [0.717, 1.165) is 6.42 Å². The molecule has 0 spiro atoms. The third-order valence-corrected chi connectivity index (χ3v) is 16.2. The van der Waals surface area contributed by atoms with Crippen LogP contribution in [0.3, 0.4) is 0 Å². The highest BCUT2D eigenvalue weighted by atomic mass is 15.2. The van der Waals surface area contributed by atoms with Gasteiger partial charge in [0.25, 0.3) is 6.71 Å².